The van der Waals surface area contributed by atoms with E-state index in [2.05, 4.69) is 20.4 Å². The Morgan fingerprint density at radius 3 is 2.95 bits per heavy atom. The molecule has 106 valence electrons. The molecule has 0 radical (unpaired) electrons. The maximum absolute atomic E-state index is 12.3. The summed E-state index contributed by atoms with van der Waals surface area (Å²) in [5.74, 6) is -0.412. The van der Waals surface area contributed by atoms with E-state index in [0.717, 1.165) is 11.4 Å². The summed E-state index contributed by atoms with van der Waals surface area (Å²) in [6.07, 6.45) is 2.93. The molecule has 0 aromatic carbocycles. The summed E-state index contributed by atoms with van der Waals surface area (Å²) in [4.78, 5) is 20.6. The zero-order valence-electron chi connectivity index (χ0n) is 11.5. The number of carbonyl (C=O) groups excluding carboxylic acids is 1. The fourth-order valence-corrected chi connectivity index (χ4v) is 2.10. The third kappa shape index (κ3) is 2.29. The molecule has 1 amide bonds. The van der Waals surface area contributed by atoms with Crippen LogP contribution in [0.1, 0.15) is 21.7 Å². The van der Waals surface area contributed by atoms with Crippen molar-refractivity contribution in [2.24, 2.45) is 0 Å². The Morgan fingerprint density at radius 1 is 1.38 bits per heavy atom. The molecular weight excluding hydrogens is 270 g/mol. The highest BCUT2D eigenvalue weighted by atomic mass is 16.3. The highest BCUT2D eigenvalue weighted by Gasteiger charge is 2.17. The van der Waals surface area contributed by atoms with E-state index in [9.17, 15) is 9.90 Å². The van der Waals surface area contributed by atoms with Gasteiger partial charge in [-0.1, -0.05) is 0 Å². The highest BCUT2D eigenvalue weighted by molar-refractivity contribution is 6.08. The number of amides is 1. The van der Waals surface area contributed by atoms with Crippen LogP contribution < -0.4 is 5.32 Å². The first-order chi connectivity index (χ1) is 10.1. The van der Waals surface area contributed by atoms with E-state index in [4.69, 9.17) is 0 Å². The van der Waals surface area contributed by atoms with Crippen LogP contribution in [-0.2, 0) is 0 Å². The molecule has 21 heavy (non-hydrogen) atoms. The Morgan fingerprint density at radius 2 is 2.19 bits per heavy atom. The lowest BCUT2D eigenvalue weighted by molar-refractivity contribution is 0.102. The molecule has 7 nitrogen and oxygen atoms in total. The van der Waals surface area contributed by atoms with Gasteiger partial charge in [0.1, 0.15) is 5.56 Å². The van der Waals surface area contributed by atoms with Gasteiger partial charge in [-0.05, 0) is 32.0 Å². The predicted octanol–water partition coefficient (Wildman–Crippen LogP) is 1.70. The van der Waals surface area contributed by atoms with Crippen molar-refractivity contribution in [2.45, 2.75) is 13.8 Å². The molecule has 3 aromatic rings. The second kappa shape index (κ2) is 4.86. The summed E-state index contributed by atoms with van der Waals surface area (Å²) in [5, 5.41) is 16.3. The normalized spacial score (nSPS) is 10.8. The van der Waals surface area contributed by atoms with Crippen LogP contribution in [0.4, 0.5) is 5.82 Å². The van der Waals surface area contributed by atoms with Crippen molar-refractivity contribution in [3.05, 3.63) is 47.5 Å². The molecule has 0 saturated carbocycles. The van der Waals surface area contributed by atoms with Crippen LogP contribution in [0.3, 0.4) is 0 Å². The number of hydrogen-bond acceptors (Lipinski definition) is 5. The van der Waals surface area contributed by atoms with E-state index in [-0.39, 0.29) is 11.6 Å². The summed E-state index contributed by atoms with van der Waals surface area (Å²) in [5.41, 5.74) is 2.49. The summed E-state index contributed by atoms with van der Waals surface area (Å²) >= 11 is 0. The number of aromatic nitrogens is 4. The fourth-order valence-electron chi connectivity index (χ4n) is 2.10. The van der Waals surface area contributed by atoms with Crippen LogP contribution in [0.25, 0.3) is 5.65 Å². The van der Waals surface area contributed by atoms with Gasteiger partial charge in [-0.2, -0.15) is 5.10 Å². The van der Waals surface area contributed by atoms with Crippen molar-refractivity contribution in [1.82, 2.24) is 19.6 Å². The van der Waals surface area contributed by atoms with Crippen molar-refractivity contribution in [2.75, 3.05) is 5.32 Å². The first-order valence-electron chi connectivity index (χ1n) is 6.33. The average molecular weight is 283 g/mol. The number of nitrogens with zero attached hydrogens (tertiary/aromatic N) is 4. The molecule has 3 heterocycles. The van der Waals surface area contributed by atoms with Crippen LogP contribution in [0, 0.1) is 13.8 Å². The second-order valence-corrected chi connectivity index (χ2v) is 4.66. The molecule has 0 aliphatic heterocycles. The van der Waals surface area contributed by atoms with Crippen LogP contribution in [0.5, 0.6) is 5.75 Å². The van der Waals surface area contributed by atoms with E-state index >= 15 is 0 Å². The van der Waals surface area contributed by atoms with E-state index in [1.54, 1.807) is 10.6 Å². The molecular formula is C14H13N5O2. The van der Waals surface area contributed by atoms with E-state index in [0.29, 0.717) is 11.2 Å². The van der Waals surface area contributed by atoms with E-state index in [1.165, 1.54) is 18.5 Å². The van der Waals surface area contributed by atoms with Gasteiger partial charge in [-0.25, -0.2) is 14.5 Å². The SMILES string of the molecule is Cc1cc(C)n2ncc(C(=O)Nc3ncccc3O)c2n1. The van der Waals surface area contributed by atoms with Crippen LogP contribution in [0.15, 0.2) is 30.6 Å². The maximum Gasteiger partial charge on any atom is 0.262 e. The maximum atomic E-state index is 12.3. The smallest absolute Gasteiger partial charge is 0.262 e. The van der Waals surface area contributed by atoms with Crippen LogP contribution >= 0.6 is 0 Å². The summed E-state index contributed by atoms with van der Waals surface area (Å²) < 4.78 is 1.60. The second-order valence-electron chi connectivity index (χ2n) is 4.66. The lowest BCUT2D eigenvalue weighted by Gasteiger charge is -2.05. The Labute approximate surface area is 120 Å². The number of rotatable bonds is 2. The van der Waals surface area contributed by atoms with Gasteiger partial charge < -0.3 is 10.4 Å². The number of aromatic hydroxyl groups is 1. The Hall–Kier alpha value is -2.96. The lowest BCUT2D eigenvalue weighted by Crippen LogP contribution is -2.13. The highest BCUT2D eigenvalue weighted by Crippen LogP contribution is 2.20. The summed E-state index contributed by atoms with van der Waals surface area (Å²) in [6, 6.07) is 4.91. The van der Waals surface area contributed by atoms with Gasteiger partial charge in [0.15, 0.2) is 17.2 Å². The average Bonchev–Trinajstić information content (AvgIpc) is 2.85. The van der Waals surface area contributed by atoms with Gasteiger partial charge >= 0.3 is 0 Å². The standard InChI is InChI=1S/C14H13N5O2/c1-8-6-9(2)19-13(17-8)10(7-16-19)14(21)18-12-11(20)4-3-5-15-12/h3-7,20H,1-2H3,(H,15,18,21). The first kappa shape index (κ1) is 13.0. The number of hydrogen-bond donors (Lipinski definition) is 2. The molecule has 7 heteroatoms. The molecule has 0 saturated heterocycles. The van der Waals surface area contributed by atoms with Crippen molar-refractivity contribution < 1.29 is 9.90 Å². The number of aryl methyl sites for hydroxylation is 2. The molecule has 3 aromatic heterocycles. The number of anilines is 1. The number of carbonyl (C=O) groups is 1. The monoisotopic (exact) mass is 283 g/mol. The zero-order valence-corrected chi connectivity index (χ0v) is 11.5. The predicted molar refractivity (Wildman–Crippen MR) is 76.3 cm³/mol. The zero-order chi connectivity index (χ0) is 15.0. The van der Waals surface area contributed by atoms with Crippen molar-refractivity contribution >= 4 is 17.4 Å². The molecule has 0 unspecified atom stereocenters. The van der Waals surface area contributed by atoms with Crippen molar-refractivity contribution in [3.8, 4) is 5.75 Å². The molecule has 0 fully saturated rings. The Bertz CT molecular complexity index is 840. The van der Waals surface area contributed by atoms with Gasteiger partial charge in [-0.3, -0.25) is 4.79 Å². The lowest BCUT2D eigenvalue weighted by atomic mass is 10.3. The minimum Gasteiger partial charge on any atom is -0.504 e. The quantitative estimate of drug-likeness (QED) is 0.746. The van der Waals surface area contributed by atoms with Crippen molar-refractivity contribution in [1.29, 1.82) is 0 Å². The molecule has 2 N–H and O–H groups in total. The first-order valence-corrected chi connectivity index (χ1v) is 6.33. The molecule has 0 bridgehead atoms. The minimum atomic E-state index is -0.420. The van der Waals surface area contributed by atoms with Gasteiger partial charge in [0.2, 0.25) is 0 Å². The minimum absolute atomic E-state index is 0.0948. The van der Waals surface area contributed by atoms with Crippen molar-refractivity contribution in [3.63, 3.8) is 0 Å². The van der Waals surface area contributed by atoms with Gasteiger partial charge in [-0.15, -0.1) is 0 Å². The summed E-state index contributed by atoms with van der Waals surface area (Å²) in [7, 11) is 0. The molecule has 0 atom stereocenters. The van der Waals surface area contributed by atoms with Gasteiger partial charge in [0.25, 0.3) is 5.91 Å². The van der Waals surface area contributed by atoms with Gasteiger partial charge in [0, 0.05) is 17.6 Å². The number of pyridine rings is 1. The third-order valence-electron chi connectivity index (χ3n) is 3.04. The van der Waals surface area contributed by atoms with Crippen LogP contribution in [-0.4, -0.2) is 30.6 Å². The van der Waals surface area contributed by atoms with E-state index in [1.807, 2.05) is 19.9 Å². The Kier molecular flexibility index (Phi) is 3.02. The summed E-state index contributed by atoms with van der Waals surface area (Å²) in [6.45, 7) is 3.74. The van der Waals surface area contributed by atoms with Gasteiger partial charge in [0.05, 0.1) is 6.20 Å². The van der Waals surface area contributed by atoms with Crippen LogP contribution in [0.2, 0.25) is 0 Å². The molecule has 0 spiro atoms. The number of fused-ring (bicyclic) bond motifs is 1. The van der Waals surface area contributed by atoms with E-state index < -0.39 is 5.91 Å². The molecule has 0 aliphatic carbocycles. The molecule has 0 aliphatic rings. The third-order valence-corrected chi connectivity index (χ3v) is 3.04. The number of nitrogens with one attached hydrogen (secondary N) is 1. The fraction of sp³-hybridized carbons (Fsp3) is 0.143. The Balaban J connectivity index is 2.01. The topological polar surface area (TPSA) is 92.4 Å². The largest absolute Gasteiger partial charge is 0.504 e. The molecule has 3 rings (SSSR count).